The van der Waals surface area contributed by atoms with E-state index in [0.29, 0.717) is 5.56 Å². The maximum Gasteiger partial charge on any atom is 0.338 e. The zero-order valence-electron chi connectivity index (χ0n) is 16.9. The van der Waals surface area contributed by atoms with E-state index in [2.05, 4.69) is 4.72 Å². The van der Waals surface area contributed by atoms with Crippen molar-refractivity contribution in [1.82, 2.24) is 9.29 Å². The number of carbonyl (C=O) groups is 2. The molecule has 0 fully saturated rings. The van der Waals surface area contributed by atoms with Crippen molar-refractivity contribution in [1.29, 1.82) is 0 Å². The molecule has 2 aromatic carbocycles. The molecule has 0 saturated heterocycles. The molecule has 0 saturated carbocycles. The Bertz CT molecular complexity index is 1200. The van der Waals surface area contributed by atoms with Crippen LogP contribution in [0.5, 0.6) is 0 Å². The summed E-state index contributed by atoms with van der Waals surface area (Å²) in [5.74, 6) is -1.11. The molecule has 0 spiro atoms. The number of benzene rings is 2. The van der Waals surface area contributed by atoms with Crippen LogP contribution in [0.3, 0.4) is 0 Å². The normalized spacial score (nSPS) is 11.3. The topological polar surface area (TPSA) is 94.5 Å². The first-order valence-corrected chi connectivity index (χ1v) is 10.7. The first-order chi connectivity index (χ1) is 14.2. The van der Waals surface area contributed by atoms with Crippen LogP contribution in [0.25, 0.3) is 5.69 Å². The molecular weight excluding hydrogens is 404 g/mol. The summed E-state index contributed by atoms with van der Waals surface area (Å²) in [6, 6.07) is 16.9. The first-order valence-electron chi connectivity index (χ1n) is 9.23. The monoisotopic (exact) mass is 426 g/mol. The molecule has 0 aliphatic rings. The highest BCUT2D eigenvalue weighted by Gasteiger charge is 2.20. The van der Waals surface area contributed by atoms with Crippen LogP contribution in [0, 0.1) is 13.8 Å². The van der Waals surface area contributed by atoms with Gasteiger partial charge < -0.3 is 9.30 Å². The van der Waals surface area contributed by atoms with E-state index in [-0.39, 0.29) is 16.2 Å². The molecular formula is C22H22N2O5S. The number of aryl methyl sites for hydroxylation is 1. The van der Waals surface area contributed by atoms with E-state index in [0.717, 1.165) is 17.1 Å². The highest BCUT2D eigenvalue weighted by Crippen LogP contribution is 2.21. The van der Waals surface area contributed by atoms with Gasteiger partial charge in [-0.25, -0.2) is 17.9 Å². The fourth-order valence-corrected chi connectivity index (χ4v) is 4.00. The summed E-state index contributed by atoms with van der Waals surface area (Å²) < 4.78 is 33.1. The van der Waals surface area contributed by atoms with Gasteiger partial charge in [-0.2, -0.15) is 0 Å². The third-order valence-corrected chi connectivity index (χ3v) is 6.14. The molecule has 0 aliphatic heterocycles. The molecule has 7 nitrogen and oxygen atoms in total. The molecule has 1 N–H and O–H groups in total. The standard InChI is InChI=1S/C22H22N2O5S/c1-15-12-20(16(2)24(15)18-9-5-4-6-10-18)21(25)14-29-22(26)17-8-7-11-19(13-17)30(27,28)23-3/h4-13,23H,14H2,1-3H3. The Morgan fingerprint density at radius 2 is 1.70 bits per heavy atom. The summed E-state index contributed by atoms with van der Waals surface area (Å²) in [6.45, 7) is 3.29. The molecule has 8 heteroatoms. The molecule has 0 amide bonds. The number of hydrogen-bond acceptors (Lipinski definition) is 5. The van der Waals surface area contributed by atoms with Gasteiger partial charge in [0.05, 0.1) is 10.5 Å². The first kappa shape index (κ1) is 21.5. The van der Waals surface area contributed by atoms with Crippen molar-refractivity contribution in [3.05, 3.63) is 83.2 Å². The number of nitrogens with one attached hydrogen (secondary N) is 1. The lowest BCUT2D eigenvalue weighted by atomic mass is 10.1. The van der Waals surface area contributed by atoms with Crippen LogP contribution in [0.4, 0.5) is 0 Å². The lowest BCUT2D eigenvalue weighted by Crippen LogP contribution is -2.19. The van der Waals surface area contributed by atoms with Crippen LogP contribution in [-0.2, 0) is 14.8 Å². The molecule has 0 unspecified atom stereocenters. The summed E-state index contributed by atoms with van der Waals surface area (Å²) in [7, 11) is -2.41. The van der Waals surface area contributed by atoms with Crippen LogP contribution in [-0.4, -0.2) is 38.4 Å². The minimum absolute atomic E-state index is 0.0499. The van der Waals surface area contributed by atoms with Gasteiger partial charge in [-0.15, -0.1) is 0 Å². The minimum Gasteiger partial charge on any atom is -0.454 e. The van der Waals surface area contributed by atoms with Crippen LogP contribution in [0.2, 0.25) is 0 Å². The smallest absolute Gasteiger partial charge is 0.338 e. The maximum atomic E-state index is 12.7. The van der Waals surface area contributed by atoms with E-state index in [4.69, 9.17) is 4.74 Å². The Morgan fingerprint density at radius 1 is 1.00 bits per heavy atom. The number of Topliss-reactive ketones (excluding diaryl/α,β-unsaturated/α-hetero) is 1. The van der Waals surface area contributed by atoms with Crippen molar-refractivity contribution in [3.8, 4) is 5.69 Å². The predicted molar refractivity (Wildman–Crippen MR) is 113 cm³/mol. The van der Waals surface area contributed by atoms with E-state index in [1.54, 1.807) is 6.07 Å². The Hall–Kier alpha value is -3.23. The molecule has 0 radical (unpaired) electrons. The number of para-hydroxylation sites is 1. The molecule has 0 bridgehead atoms. The van der Waals surface area contributed by atoms with Gasteiger partial charge in [0.1, 0.15) is 0 Å². The number of rotatable bonds is 7. The van der Waals surface area contributed by atoms with Crippen LogP contribution >= 0.6 is 0 Å². The number of sulfonamides is 1. The Morgan fingerprint density at radius 3 is 2.37 bits per heavy atom. The lowest BCUT2D eigenvalue weighted by molar-refractivity contribution is 0.0474. The molecule has 30 heavy (non-hydrogen) atoms. The maximum absolute atomic E-state index is 12.7. The fraction of sp³-hybridized carbons (Fsp3) is 0.182. The van der Waals surface area contributed by atoms with Crippen molar-refractivity contribution in [2.24, 2.45) is 0 Å². The van der Waals surface area contributed by atoms with Crippen LogP contribution in [0.1, 0.15) is 32.1 Å². The van der Waals surface area contributed by atoms with E-state index < -0.39 is 22.6 Å². The third-order valence-electron chi connectivity index (χ3n) is 4.73. The summed E-state index contributed by atoms with van der Waals surface area (Å²) >= 11 is 0. The third kappa shape index (κ3) is 4.34. The van der Waals surface area contributed by atoms with Crippen molar-refractivity contribution in [2.45, 2.75) is 18.7 Å². The zero-order valence-corrected chi connectivity index (χ0v) is 17.7. The number of hydrogen-bond donors (Lipinski definition) is 1. The molecule has 156 valence electrons. The van der Waals surface area contributed by atoms with E-state index >= 15 is 0 Å². The quantitative estimate of drug-likeness (QED) is 0.463. The second kappa shape index (κ2) is 8.64. The van der Waals surface area contributed by atoms with E-state index in [1.807, 2.05) is 48.7 Å². The van der Waals surface area contributed by atoms with Crippen molar-refractivity contribution < 1.29 is 22.7 Å². The summed E-state index contributed by atoms with van der Waals surface area (Å²) in [4.78, 5) is 24.9. The highest BCUT2D eigenvalue weighted by atomic mass is 32.2. The van der Waals surface area contributed by atoms with E-state index in [9.17, 15) is 18.0 Å². The molecule has 0 aliphatic carbocycles. The van der Waals surface area contributed by atoms with Gasteiger partial charge in [0.2, 0.25) is 15.8 Å². The summed E-state index contributed by atoms with van der Waals surface area (Å²) in [5.41, 5.74) is 3.09. The largest absolute Gasteiger partial charge is 0.454 e. The number of nitrogens with zero attached hydrogens (tertiary/aromatic N) is 1. The number of aromatic nitrogens is 1. The fourth-order valence-electron chi connectivity index (χ4n) is 3.22. The predicted octanol–water partition coefficient (Wildman–Crippen LogP) is 3.04. The average Bonchev–Trinajstić information content (AvgIpc) is 3.06. The van der Waals surface area contributed by atoms with E-state index in [1.165, 1.54) is 31.3 Å². The second-order valence-corrected chi connectivity index (χ2v) is 8.58. The number of ether oxygens (including phenoxy) is 1. The summed E-state index contributed by atoms with van der Waals surface area (Å²) in [6.07, 6.45) is 0. The van der Waals surface area contributed by atoms with Crippen LogP contribution in [0.15, 0.2) is 65.6 Å². The number of ketones is 1. The van der Waals surface area contributed by atoms with Crippen LogP contribution < -0.4 is 4.72 Å². The van der Waals surface area contributed by atoms with Crippen molar-refractivity contribution >= 4 is 21.8 Å². The van der Waals surface area contributed by atoms with Gasteiger partial charge in [0.25, 0.3) is 0 Å². The van der Waals surface area contributed by atoms with Gasteiger partial charge in [-0.3, -0.25) is 4.79 Å². The van der Waals surface area contributed by atoms with Gasteiger partial charge in [0, 0.05) is 22.6 Å². The molecule has 0 atom stereocenters. The van der Waals surface area contributed by atoms with Crippen molar-refractivity contribution in [2.75, 3.05) is 13.7 Å². The van der Waals surface area contributed by atoms with Gasteiger partial charge in [-0.05, 0) is 57.3 Å². The molecule has 1 heterocycles. The van der Waals surface area contributed by atoms with Gasteiger partial charge in [0.15, 0.2) is 6.61 Å². The molecule has 3 rings (SSSR count). The van der Waals surface area contributed by atoms with Gasteiger partial charge >= 0.3 is 5.97 Å². The Kier molecular flexibility index (Phi) is 6.19. The SMILES string of the molecule is CNS(=O)(=O)c1cccc(C(=O)OCC(=O)c2cc(C)n(-c3ccccc3)c2C)c1. The summed E-state index contributed by atoms with van der Waals surface area (Å²) in [5, 5.41) is 0. The second-order valence-electron chi connectivity index (χ2n) is 6.69. The molecule has 1 aromatic heterocycles. The number of esters is 1. The molecule has 3 aromatic rings. The van der Waals surface area contributed by atoms with Crippen molar-refractivity contribution in [3.63, 3.8) is 0 Å². The highest BCUT2D eigenvalue weighted by molar-refractivity contribution is 7.89. The zero-order chi connectivity index (χ0) is 21.9. The average molecular weight is 426 g/mol. The number of carbonyl (C=O) groups excluding carboxylic acids is 2. The Balaban J connectivity index is 1.75. The minimum atomic E-state index is -3.69. The Labute approximate surface area is 175 Å². The van der Waals surface area contributed by atoms with Gasteiger partial charge in [-0.1, -0.05) is 24.3 Å². The lowest BCUT2D eigenvalue weighted by Gasteiger charge is -2.10.